The van der Waals surface area contributed by atoms with Crippen LogP contribution >= 0.6 is 0 Å². The van der Waals surface area contributed by atoms with Gasteiger partial charge in [0.1, 0.15) is 5.75 Å². The molecule has 2 atom stereocenters. The Morgan fingerprint density at radius 1 is 1.23 bits per heavy atom. The highest BCUT2D eigenvalue weighted by molar-refractivity contribution is 5.85. The van der Waals surface area contributed by atoms with Gasteiger partial charge in [0.2, 0.25) is 0 Å². The van der Waals surface area contributed by atoms with E-state index in [0.29, 0.717) is 0 Å². The Kier molecular flexibility index (Phi) is 5.34. The van der Waals surface area contributed by atoms with Gasteiger partial charge >= 0.3 is 0 Å². The van der Waals surface area contributed by atoms with Crippen LogP contribution in [0.1, 0.15) is 57.1 Å². The molecule has 1 aromatic rings. The van der Waals surface area contributed by atoms with Gasteiger partial charge in [-0.15, -0.1) is 0 Å². The van der Waals surface area contributed by atoms with E-state index >= 15 is 0 Å². The first-order chi connectivity index (χ1) is 12.3. The van der Waals surface area contributed by atoms with Crippen LogP contribution in [0.4, 0.5) is 0 Å². The van der Waals surface area contributed by atoms with Crippen LogP contribution in [0.3, 0.4) is 0 Å². The van der Waals surface area contributed by atoms with Crippen LogP contribution in [0.25, 0.3) is 0 Å². The number of ether oxygens (including phenoxy) is 2. The zero-order valence-corrected chi connectivity index (χ0v) is 16.9. The SMILES string of the molecule is CO[C@@H]1CCC[C@@]12CCCN(C(=O)C(C)(C)Oc1cccc(C)c1C)C2. The van der Waals surface area contributed by atoms with E-state index in [1.807, 2.05) is 44.9 Å². The normalized spacial score (nSPS) is 26.3. The summed E-state index contributed by atoms with van der Waals surface area (Å²) in [6, 6.07) is 6.00. The van der Waals surface area contributed by atoms with Gasteiger partial charge in [-0.3, -0.25) is 4.79 Å². The molecule has 3 rings (SSSR count). The summed E-state index contributed by atoms with van der Waals surface area (Å²) in [4.78, 5) is 15.3. The Labute approximate surface area is 157 Å². The molecule has 0 aromatic heterocycles. The summed E-state index contributed by atoms with van der Waals surface area (Å²) in [5.74, 6) is 0.880. The van der Waals surface area contributed by atoms with E-state index in [0.717, 1.165) is 50.1 Å². The maximum absolute atomic E-state index is 13.3. The Bertz CT molecular complexity index is 669. The molecular formula is C22H33NO3. The van der Waals surface area contributed by atoms with E-state index < -0.39 is 5.60 Å². The number of carbonyl (C=O) groups excluding carboxylic acids is 1. The zero-order valence-electron chi connectivity index (χ0n) is 16.9. The zero-order chi connectivity index (χ0) is 18.9. The third-order valence-electron chi connectivity index (χ3n) is 6.44. The molecule has 1 heterocycles. The lowest BCUT2D eigenvalue weighted by atomic mass is 9.76. The van der Waals surface area contributed by atoms with Gasteiger partial charge in [-0.1, -0.05) is 18.6 Å². The number of amides is 1. The van der Waals surface area contributed by atoms with Gasteiger partial charge < -0.3 is 14.4 Å². The molecule has 2 aliphatic rings. The molecule has 1 aliphatic carbocycles. The van der Waals surface area contributed by atoms with Crippen LogP contribution in [0.2, 0.25) is 0 Å². The highest BCUT2D eigenvalue weighted by Gasteiger charge is 2.48. The van der Waals surface area contributed by atoms with Crippen LogP contribution in [0, 0.1) is 19.3 Å². The van der Waals surface area contributed by atoms with Crippen molar-refractivity contribution in [2.45, 2.75) is 71.5 Å². The number of rotatable bonds is 4. The minimum Gasteiger partial charge on any atom is -0.478 e. The van der Waals surface area contributed by atoms with Gasteiger partial charge in [-0.25, -0.2) is 0 Å². The topological polar surface area (TPSA) is 38.8 Å². The first kappa shape index (κ1) is 19.2. The van der Waals surface area contributed by atoms with Crippen molar-refractivity contribution in [3.05, 3.63) is 29.3 Å². The van der Waals surface area contributed by atoms with Crippen molar-refractivity contribution >= 4 is 5.91 Å². The third kappa shape index (κ3) is 3.48. The molecule has 1 saturated carbocycles. The first-order valence-electron chi connectivity index (χ1n) is 9.86. The van der Waals surface area contributed by atoms with Crippen LogP contribution < -0.4 is 4.74 Å². The van der Waals surface area contributed by atoms with Crippen molar-refractivity contribution in [2.75, 3.05) is 20.2 Å². The number of benzene rings is 1. The van der Waals surface area contributed by atoms with Crippen molar-refractivity contribution < 1.29 is 14.3 Å². The van der Waals surface area contributed by atoms with Gasteiger partial charge in [-0.05, 0) is 70.6 Å². The van der Waals surface area contributed by atoms with Crippen molar-refractivity contribution in [3.8, 4) is 5.75 Å². The van der Waals surface area contributed by atoms with E-state index in [9.17, 15) is 4.79 Å². The Balaban J connectivity index is 1.76. The Morgan fingerprint density at radius 2 is 1.96 bits per heavy atom. The highest BCUT2D eigenvalue weighted by atomic mass is 16.5. The molecule has 0 unspecified atom stereocenters. The number of carbonyl (C=O) groups is 1. The molecule has 0 bridgehead atoms. The van der Waals surface area contributed by atoms with E-state index in [1.54, 1.807) is 0 Å². The van der Waals surface area contributed by atoms with Crippen molar-refractivity contribution in [1.29, 1.82) is 0 Å². The molecule has 0 N–H and O–H groups in total. The largest absolute Gasteiger partial charge is 0.478 e. The minimum absolute atomic E-state index is 0.0826. The minimum atomic E-state index is -0.877. The second-order valence-electron chi connectivity index (χ2n) is 8.62. The molecular weight excluding hydrogens is 326 g/mol. The molecule has 1 amide bonds. The van der Waals surface area contributed by atoms with E-state index in [-0.39, 0.29) is 17.4 Å². The van der Waals surface area contributed by atoms with Gasteiger partial charge in [0.15, 0.2) is 5.60 Å². The lowest BCUT2D eigenvalue weighted by Crippen LogP contribution is -2.56. The number of piperidine rings is 1. The van der Waals surface area contributed by atoms with Gasteiger partial charge in [-0.2, -0.15) is 0 Å². The Morgan fingerprint density at radius 3 is 2.69 bits per heavy atom. The quantitative estimate of drug-likeness (QED) is 0.806. The molecule has 1 spiro atoms. The average molecular weight is 360 g/mol. The fraction of sp³-hybridized carbons (Fsp3) is 0.682. The number of hydrogen-bond acceptors (Lipinski definition) is 3. The molecule has 0 radical (unpaired) electrons. The number of methoxy groups -OCH3 is 1. The summed E-state index contributed by atoms with van der Waals surface area (Å²) in [6.07, 6.45) is 5.96. The van der Waals surface area contributed by atoms with Crippen LogP contribution in [0.15, 0.2) is 18.2 Å². The summed E-state index contributed by atoms with van der Waals surface area (Å²) in [7, 11) is 1.81. The second kappa shape index (κ2) is 7.22. The van der Waals surface area contributed by atoms with Crippen LogP contribution in [-0.4, -0.2) is 42.7 Å². The molecule has 1 aromatic carbocycles. The molecule has 4 heteroatoms. The van der Waals surface area contributed by atoms with Crippen molar-refractivity contribution in [2.24, 2.45) is 5.41 Å². The highest BCUT2D eigenvalue weighted by Crippen LogP contribution is 2.46. The van der Waals surface area contributed by atoms with E-state index in [1.165, 1.54) is 12.0 Å². The monoisotopic (exact) mass is 359 g/mol. The van der Waals surface area contributed by atoms with Gasteiger partial charge in [0, 0.05) is 25.6 Å². The number of nitrogens with zero attached hydrogens (tertiary/aromatic N) is 1. The smallest absolute Gasteiger partial charge is 0.266 e. The molecule has 144 valence electrons. The summed E-state index contributed by atoms with van der Waals surface area (Å²) in [5.41, 5.74) is 1.53. The lowest BCUT2D eigenvalue weighted by Gasteiger charge is -2.45. The average Bonchev–Trinajstić information content (AvgIpc) is 2.99. The summed E-state index contributed by atoms with van der Waals surface area (Å²) in [6.45, 7) is 9.50. The lowest BCUT2D eigenvalue weighted by molar-refractivity contribution is -0.151. The van der Waals surface area contributed by atoms with Crippen LogP contribution in [0.5, 0.6) is 5.75 Å². The summed E-state index contributed by atoms with van der Waals surface area (Å²) >= 11 is 0. The van der Waals surface area contributed by atoms with Gasteiger partial charge in [0.05, 0.1) is 6.10 Å². The summed E-state index contributed by atoms with van der Waals surface area (Å²) < 4.78 is 12.0. The fourth-order valence-corrected chi connectivity index (χ4v) is 4.81. The summed E-state index contributed by atoms with van der Waals surface area (Å²) in [5, 5.41) is 0. The third-order valence-corrected chi connectivity index (χ3v) is 6.44. The van der Waals surface area contributed by atoms with Crippen LogP contribution in [-0.2, 0) is 9.53 Å². The number of aryl methyl sites for hydroxylation is 1. The standard InChI is InChI=1S/C22H33NO3/c1-16-9-6-10-18(17(16)2)26-21(3,4)20(24)23-14-8-13-22(15-23)12-7-11-19(22)25-5/h6,9-10,19H,7-8,11-15H2,1-5H3/t19-,22+/m1/s1. The predicted octanol–water partition coefficient (Wildman–Crippen LogP) is 4.27. The maximum atomic E-state index is 13.3. The molecule has 1 aliphatic heterocycles. The van der Waals surface area contributed by atoms with E-state index in [4.69, 9.17) is 9.47 Å². The molecule has 1 saturated heterocycles. The molecule has 26 heavy (non-hydrogen) atoms. The first-order valence-corrected chi connectivity index (χ1v) is 9.86. The fourth-order valence-electron chi connectivity index (χ4n) is 4.81. The number of hydrogen-bond donors (Lipinski definition) is 0. The maximum Gasteiger partial charge on any atom is 0.266 e. The van der Waals surface area contributed by atoms with Crippen molar-refractivity contribution in [3.63, 3.8) is 0 Å². The molecule has 4 nitrogen and oxygen atoms in total. The predicted molar refractivity (Wildman–Crippen MR) is 104 cm³/mol. The van der Waals surface area contributed by atoms with E-state index in [2.05, 4.69) is 13.0 Å². The number of likely N-dealkylation sites (tertiary alicyclic amines) is 1. The second-order valence-corrected chi connectivity index (χ2v) is 8.62. The Hall–Kier alpha value is -1.55. The molecule has 2 fully saturated rings. The van der Waals surface area contributed by atoms with Gasteiger partial charge in [0.25, 0.3) is 5.91 Å². The van der Waals surface area contributed by atoms with Crippen molar-refractivity contribution in [1.82, 2.24) is 4.90 Å².